The first-order chi connectivity index (χ1) is 6.20. The van der Waals surface area contributed by atoms with Gasteiger partial charge in [-0.25, -0.2) is 4.39 Å². The fraction of sp³-hybridized carbons (Fsp3) is 0.300. The fourth-order valence-corrected chi connectivity index (χ4v) is 1.63. The number of rotatable bonds is 1. The molecular formula is C10H9FO2. The van der Waals surface area contributed by atoms with Gasteiger partial charge in [-0.05, 0) is 19.1 Å². The van der Waals surface area contributed by atoms with Gasteiger partial charge in [0.1, 0.15) is 11.6 Å². The lowest BCUT2D eigenvalue weighted by Gasteiger charge is -2.04. The summed E-state index contributed by atoms with van der Waals surface area (Å²) in [5.41, 5.74) is 0.905. The molecule has 2 nitrogen and oxygen atoms in total. The Balaban J connectivity index is 2.65. The van der Waals surface area contributed by atoms with Gasteiger partial charge in [0.05, 0.1) is 12.2 Å². The topological polar surface area (TPSA) is 26.3 Å². The molecule has 0 unspecified atom stereocenters. The van der Waals surface area contributed by atoms with E-state index in [1.165, 1.54) is 13.0 Å². The number of carbonyl (C=O) groups is 1. The second kappa shape index (κ2) is 2.83. The molecule has 0 saturated heterocycles. The van der Waals surface area contributed by atoms with E-state index in [2.05, 4.69) is 0 Å². The molecule has 0 fully saturated rings. The van der Waals surface area contributed by atoms with Crippen LogP contribution in [0.3, 0.4) is 0 Å². The van der Waals surface area contributed by atoms with E-state index < -0.39 is 5.82 Å². The normalized spacial score (nSPS) is 13.7. The number of hydrogen-bond donors (Lipinski definition) is 0. The van der Waals surface area contributed by atoms with E-state index in [-0.39, 0.29) is 11.3 Å². The van der Waals surface area contributed by atoms with Crippen molar-refractivity contribution in [3.05, 3.63) is 29.1 Å². The zero-order valence-electron chi connectivity index (χ0n) is 7.26. The summed E-state index contributed by atoms with van der Waals surface area (Å²) in [6.45, 7) is 1.91. The average Bonchev–Trinajstić information content (AvgIpc) is 2.50. The smallest absolute Gasteiger partial charge is 0.163 e. The maximum absolute atomic E-state index is 13.2. The molecular weight excluding hydrogens is 171 g/mol. The number of carbonyl (C=O) groups excluding carboxylic acids is 1. The van der Waals surface area contributed by atoms with Gasteiger partial charge < -0.3 is 4.74 Å². The van der Waals surface area contributed by atoms with Crippen LogP contribution in [0.15, 0.2) is 12.1 Å². The zero-order valence-corrected chi connectivity index (χ0v) is 7.26. The van der Waals surface area contributed by atoms with E-state index in [1.807, 2.05) is 0 Å². The molecule has 1 aromatic rings. The lowest BCUT2D eigenvalue weighted by molar-refractivity contribution is 0.101. The number of fused-ring (bicyclic) bond motifs is 1. The Kier molecular flexibility index (Phi) is 1.79. The predicted molar refractivity (Wildman–Crippen MR) is 45.6 cm³/mol. The molecule has 0 bridgehead atoms. The molecule has 0 N–H and O–H groups in total. The molecule has 1 heterocycles. The minimum Gasteiger partial charge on any atom is -0.493 e. The van der Waals surface area contributed by atoms with Gasteiger partial charge in [-0.2, -0.15) is 0 Å². The van der Waals surface area contributed by atoms with Crippen LogP contribution in [-0.2, 0) is 6.42 Å². The Labute approximate surface area is 75.3 Å². The summed E-state index contributed by atoms with van der Waals surface area (Å²) in [7, 11) is 0. The first kappa shape index (κ1) is 8.23. The molecule has 13 heavy (non-hydrogen) atoms. The Morgan fingerprint density at radius 1 is 1.54 bits per heavy atom. The third-order valence-corrected chi connectivity index (χ3v) is 2.18. The van der Waals surface area contributed by atoms with Crippen LogP contribution < -0.4 is 4.74 Å². The zero-order chi connectivity index (χ0) is 9.42. The lowest BCUT2D eigenvalue weighted by Crippen LogP contribution is -2.01. The molecule has 0 saturated carbocycles. The van der Waals surface area contributed by atoms with E-state index in [9.17, 15) is 9.18 Å². The van der Waals surface area contributed by atoms with Gasteiger partial charge in [-0.15, -0.1) is 0 Å². The van der Waals surface area contributed by atoms with Gasteiger partial charge in [0, 0.05) is 12.0 Å². The summed E-state index contributed by atoms with van der Waals surface area (Å²) in [6, 6.07) is 2.85. The largest absolute Gasteiger partial charge is 0.493 e. The van der Waals surface area contributed by atoms with E-state index >= 15 is 0 Å². The van der Waals surface area contributed by atoms with Gasteiger partial charge in [0.2, 0.25) is 0 Å². The van der Waals surface area contributed by atoms with Crippen molar-refractivity contribution < 1.29 is 13.9 Å². The Bertz CT molecular complexity index is 371. The molecule has 3 heteroatoms. The van der Waals surface area contributed by atoms with Crippen LogP contribution >= 0.6 is 0 Å². The summed E-state index contributed by atoms with van der Waals surface area (Å²) in [5, 5.41) is 0. The third kappa shape index (κ3) is 1.20. The second-order valence-electron chi connectivity index (χ2n) is 3.05. The highest BCUT2D eigenvalue weighted by Gasteiger charge is 2.21. The van der Waals surface area contributed by atoms with Crippen LogP contribution in [-0.4, -0.2) is 12.4 Å². The van der Waals surface area contributed by atoms with Gasteiger partial charge in [0.25, 0.3) is 0 Å². The van der Waals surface area contributed by atoms with Crippen molar-refractivity contribution in [2.45, 2.75) is 13.3 Å². The highest BCUT2D eigenvalue weighted by atomic mass is 19.1. The lowest BCUT2D eigenvalue weighted by atomic mass is 10.0. The van der Waals surface area contributed by atoms with E-state index in [0.717, 1.165) is 0 Å². The molecule has 1 aliphatic heterocycles. The minimum atomic E-state index is -0.447. The van der Waals surface area contributed by atoms with Crippen LogP contribution in [0.4, 0.5) is 4.39 Å². The van der Waals surface area contributed by atoms with Crippen molar-refractivity contribution in [2.24, 2.45) is 0 Å². The summed E-state index contributed by atoms with van der Waals surface area (Å²) >= 11 is 0. The minimum absolute atomic E-state index is 0.190. The van der Waals surface area contributed by atoms with Crippen molar-refractivity contribution >= 4 is 5.78 Å². The quantitative estimate of drug-likeness (QED) is 0.617. The van der Waals surface area contributed by atoms with Gasteiger partial charge in [-0.1, -0.05) is 0 Å². The first-order valence-corrected chi connectivity index (χ1v) is 4.15. The Morgan fingerprint density at radius 3 is 3.00 bits per heavy atom. The number of Topliss-reactive ketones (excluding diaryl/α,β-unsaturated/α-hetero) is 1. The van der Waals surface area contributed by atoms with Gasteiger partial charge >= 0.3 is 0 Å². The molecule has 0 amide bonds. The number of halogens is 1. The number of hydrogen-bond acceptors (Lipinski definition) is 2. The molecule has 1 aliphatic rings. The van der Waals surface area contributed by atoms with E-state index in [4.69, 9.17) is 4.74 Å². The first-order valence-electron chi connectivity index (χ1n) is 4.15. The molecule has 0 spiro atoms. The summed E-state index contributed by atoms with van der Waals surface area (Å²) in [6.07, 6.45) is 0.627. The molecule has 0 atom stereocenters. The van der Waals surface area contributed by atoms with Crippen LogP contribution in [0, 0.1) is 5.82 Å². The van der Waals surface area contributed by atoms with Crippen molar-refractivity contribution in [1.82, 2.24) is 0 Å². The molecule has 2 rings (SSSR count). The average molecular weight is 180 g/mol. The van der Waals surface area contributed by atoms with Crippen molar-refractivity contribution in [3.63, 3.8) is 0 Å². The second-order valence-corrected chi connectivity index (χ2v) is 3.05. The maximum Gasteiger partial charge on any atom is 0.163 e. The summed E-state index contributed by atoms with van der Waals surface area (Å²) in [4.78, 5) is 11.1. The van der Waals surface area contributed by atoms with E-state index in [0.29, 0.717) is 24.3 Å². The number of benzene rings is 1. The van der Waals surface area contributed by atoms with Crippen LogP contribution in [0.2, 0.25) is 0 Å². The molecule has 0 radical (unpaired) electrons. The SMILES string of the molecule is CC(=O)c1c(F)ccc2c1CCO2. The number of ketones is 1. The van der Waals surface area contributed by atoms with Crippen molar-refractivity contribution in [3.8, 4) is 5.75 Å². The van der Waals surface area contributed by atoms with Gasteiger partial charge in [0.15, 0.2) is 5.78 Å². The van der Waals surface area contributed by atoms with Gasteiger partial charge in [-0.3, -0.25) is 4.79 Å². The Hall–Kier alpha value is -1.38. The highest BCUT2D eigenvalue weighted by molar-refractivity contribution is 5.96. The number of ether oxygens (including phenoxy) is 1. The monoisotopic (exact) mass is 180 g/mol. The predicted octanol–water partition coefficient (Wildman–Crippen LogP) is 1.96. The third-order valence-electron chi connectivity index (χ3n) is 2.18. The van der Waals surface area contributed by atoms with Crippen LogP contribution in [0.1, 0.15) is 22.8 Å². The molecule has 0 aromatic heterocycles. The molecule has 68 valence electrons. The fourth-order valence-electron chi connectivity index (χ4n) is 1.63. The molecule has 1 aromatic carbocycles. The molecule has 0 aliphatic carbocycles. The van der Waals surface area contributed by atoms with Crippen LogP contribution in [0.25, 0.3) is 0 Å². The highest BCUT2D eigenvalue weighted by Crippen LogP contribution is 2.30. The maximum atomic E-state index is 13.2. The summed E-state index contributed by atoms with van der Waals surface area (Å²) in [5.74, 6) is -0.0387. The van der Waals surface area contributed by atoms with E-state index in [1.54, 1.807) is 6.07 Å². The Morgan fingerprint density at radius 2 is 2.31 bits per heavy atom. The standard InChI is InChI=1S/C10H9FO2/c1-6(12)10-7-4-5-13-9(7)3-2-8(10)11/h2-3H,4-5H2,1H3. The van der Waals surface area contributed by atoms with Crippen LogP contribution in [0.5, 0.6) is 5.75 Å². The van der Waals surface area contributed by atoms with Crippen molar-refractivity contribution in [2.75, 3.05) is 6.61 Å². The van der Waals surface area contributed by atoms with Crippen molar-refractivity contribution in [1.29, 1.82) is 0 Å². The summed E-state index contributed by atoms with van der Waals surface area (Å²) < 4.78 is 18.4.